The van der Waals surface area contributed by atoms with E-state index in [-0.39, 0.29) is 28.5 Å². The third-order valence-electron chi connectivity index (χ3n) is 4.89. The number of nitrogen functional groups attached to an aromatic ring is 2. The van der Waals surface area contributed by atoms with Gasteiger partial charge in [-0.1, -0.05) is 31.2 Å². The maximum Gasteiger partial charge on any atom is 0.268 e. The van der Waals surface area contributed by atoms with Crippen LogP contribution in [-0.2, 0) is 6.42 Å². The normalized spacial score (nSPS) is 10.7. The Labute approximate surface area is 193 Å². The molecular weight excluding hydrogens is 439 g/mol. The molecule has 0 saturated heterocycles. The average Bonchev–Trinajstić information content (AvgIpc) is 3.25. The van der Waals surface area contributed by atoms with Crippen molar-refractivity contribution in [3.05, 3.63) is 82.7 Å². The van der Waals surface area contributed by atoms with E-state index in [9.17, 15) is 9.18 Å². The first-order chi connectivity index (χ1) is 16.4. The molecule has 0 spiro atoms. The van der Waals surface area contributed by atoms with Crippen LogP contribution in [0.4, 0.5) is 16.0 Å². The predicted octanol–water partition coefficient (Wildman–Crippen LogP) is 3.09. The fourth-order valence-electron chi connectivity index (χ4n) is 3.35. The van der Waals surface area contributed by atoms with Crippen LogP contribution in [0.5, 0.6) is 0 Å². The van der Waals surface area contributed by atoms with Gasteiger partial charge in [0.1, 0.15) is 40.6 Å². The molecule has 0 aliphatic rings. The van der Waals surface area contributed by atoms with Crippen molar-refractivity contribution in [2.24, 2.45) is 0 Å². The molecule has 3 heterocycles. The molecular formula is C23H21FN8O2. The quantitative estimate of drug-likeness (QED) is 0.414. The van der Waals surface area contributed by atoms with Crippen molar-refractivity contribution in [3.8, 4) is 17.1 Å². The highest BCUT2D eigenvalue weighted by Crippen LogP contribution is 2.26. The number of fused-ring (bicyclic) bond motifs is 1. The largest absolute Gasteiger partial charge is 0.421 e. The van der Waals surface area contributed by atoms with Gasteiger partial charge in [-0.2, -0.15) is 0 Å². The Hall–Kier alpha value is -4.67. The van der Waals surface area contributed by atoms with Crippen molar-refractivity contribution >= 4 is 22.5 Å². The summed E-state index contributed by atoms with van der Waals surface area (Å²) in [4.78, 5) is 24.6. The summed E-state index contributed by atoms with van der Waals surface area (Å²) in [6.45, 7) is 3.60. The predicted molar refractivity (Wildman–Crippen MR) is 126 cm³/mol. The Morgan fingerprint density at radius 2 is 1.71 bits per heavy atom. The van der Waals surface area contributed by atoms with E-state index in [1.165, 1.54) is 17.0 Å². The van der Waals surface area contributed by atoms with Gasteiger partial charge in [-0.3, -0.25) is 9.36 Å². The van der Waals surface area contributed by atoms with Crippen LogP contribution in [0, 0.1) is 12.7 Å². The Balaban J connectivity index is 0.000000172. The molecule has 4 N–H and O–H groups in total. The average molecular weight is 460 g/mol. The minimum atomic E-state index is -0.535. The van der Waals surface area contributed by atoms with Crippen molar-refractivity contribution in [1.82, 2.24) is 29.7 Å². The molecule has 0 atom stereocenters. The zero-order chi connectivity index (χ0) is 24.2. The molecule has 0 saturated carbocycles. The lowest BCUT2D eigenvalue weighted by Gasteiger charge is -2.12. The Bertz CT molecular complexity index is 1490. The molecule has 3 aromatic heterocycles. The van der Waals surface area contributed by atoms with E-state index in [0.29, 0.717) is 34.9 Å². The number of halogens is 1. The van der Waals surface area contributed by atoms with Crippen molar-refractivity contribution in [2.45, 2.75) is 20.3 Å². The molecule has 2 aromatic carbocycles. The van der Waals surface area contributed by atoms with Gasteiger partial charge in [-0.05, 0) is 24.3 Å². The third kappa shape index (κ3) is 4.31. The number of aromatic nitrogens is 6. The summed E-state index contributed by atoms with van der Waals surface area (Å²) in [7, 11) is 0. The second-order valence-electron chi connectivity index (χ2n) is 7.14. The van der Waals surface area contributed by atoms with E-state index in [2.05, 4.69) is 25.1 Å². The number of aryl methyl sites for hydroxylation is 2. The van der Waals surface area contributed by atoms with Crippen molar-refractivity contribution in [1.29, 1.82) is 0 Å². The topological polar surface area (TPSA) is 152 Å². The molecule has 0 fully saturated rings. The van der Waals surface area contributed by atoms with Crippen LogP contribution in [0.3, 0.4) is 0 Å². The minimum Gasteiger partial charge on any atom is -0.421 e. The number of nitrogens with zero attached hydrogens (tertiary/aromatic N) is 6. The van der Waals surface area contributed by atoms with Crippen LogP contribution in [-0.4, -0.2) is 29.7 Å². The summed E-state index contributed by atoms with van der Waals surface area (Å²) in [5.74, 6) is 1.20. The summed E-state index contributed by atoms with van der Waals surface area (Å²) in [5.41, 5.74) is 12.3. The molecule has 34 heavy (non-hydrogen) atoms. The molecule has 0 aliphatic heterocycles. The maximum absolute atomic E-state index is 13.9. The molecule has 0 unspecified atom stereocenters. The summed E-state index contributed by atoms with van der Waals surface area (Å²) >= 11 is 0. The number of hydrogen-bond acceptors (Lipinski definition) is 9. The van der Waals surface area contributed by atoms with E-state index in [1.807, 2.05) is 37.3 Å². The second-order valence-corrected chi connectivity index (χ2v) is 7.14. The monoisotopic (exact) mass is 460 g/mol. The van der Waals surface area contributed by atoms with Gasteiger partial charge in [-0.25, -0.2) is 19.3 Å². The van der Waals surface area contributed by atoms with E-state index >= 15 is 0 Å². The fraction of sp³-hybridized carbons (Fsp3) is 0.130. The van der Waals surface area contributed by atoms with Gasteiger partial charge < -0.3 is 15.9 Å². The zero-order valence-electron chi connectivity index (χ0n) is 18.4. The highest BCUT2D eigenvalue weighted by Gasteiger charge is 2.15. The molecule has 5 aromatic rings. The first kappa shape index (κ1) is 22.5. The lowest BCUT2D eigenvalue weighted by molar-refractivity contribution is 0.533. The van der Waals surface area contributed by atoms with Crippen LogP contribution in [0.2, 0.25) is 0 Å². The molecule has 0 aliphatic carbocycles. The van der Waals surface area contributed by atoms with Crippen LogP contribution in [0.25, 0.3) is 28.0 Å². The molecule has 5 rings (SSSR count). The number of benzene rings is 2. The molecule has 11 heteroatoms. The molecule has 0 amide bonds. The van der Waals surface area contributed by atoms with Gasteiger partial charge in [-0.15, -0.1) is 10.2 Å². The van der Waals surface area contributed by atoms with Crippen LogP contribution in [0.1, 0.15) is 18.6 Å². The number of hydrogen-bond donors (Lipinski definition) is 2. The van der Waals surface area contributed by atoms with Gasteiger partial charge in [0.15, 0.2) is 0 Å². The van der Waals surface area contributed by atoms with Gasteiger partial charge in [0.2, 0.25) is 5.89 Å². The number of para-hydroxylation sites is 1. The molecule has 10 nitrogen and oxygen atoms in total. The summed E-state index contributed by atoms with van der Waals surface area (Å²) in [6.07, 6.45) is 1.87. The lowest BCUT2D eigenvalue weighted by atomic mass is 10.2. The van der Waals surface area contributed by atoms with E-state index in [4.69, 9.17) is 15.9 Å². The SMILES string of the molecule is CCc1nc2cccc(F)c2c(=O)n1-c1ccccc1.Cc1nnc(-c2c(N)ncnc2N)o1. The van der Waals surface area contributed by atoms with Gasteiger partial charge in [0.25, 0.3) is 11.4 Å². The summed E-state index contributed by atoms with van der Waals surface area (Å²) in [5, 5.41) is 7.48. The first-order valence-electron chi connectivity index (χ1n) is 10.3. The lowest BCUT2D eigenvalue weighted by Crippen LogP contribution is -2.24. The van der Waals surface area contributed by atoms with Gasteiger partial charge in [0.05, 0.1) is 11.2 Å². The standard InChI is InChI=1S/C16H13FN2O.C7H8N6O/c1-2-14-18-13-10-6-9-12(17)15(13)16(20)19(14)11-7-4-3-5-8-11;1-3-12-13-7(14-3)4-5(8)10-2-11-6(4)9/h3-10H,2H2,1H3;2H,1H3,(H4,8,9,10,11). The Morgan fingerprint density at radius 1 is 1.00 bits per heavy atom. The van der Waals surface area contributed by atoms with Crippen LogP contribution in [0.15, 0.2) is 64.1 Å². The highest BCUT2D eigenvalue weighted by atomic mass is 19.1. The molecule has 0 radical (unpaired) electrons. The van der Waals surface area contributed by atoms with E-state index < -0.39 is 5.82 Å². The smallest absolute Gasteiger partial charge is 0.268 e. The number of anilines is 2. The summed E-state index contributed by atoms with van der Waals surface area (Å²) < 4.78 is 20.6. The minimum absolute atomic E-state index is 0.0357. The van der Waals surface area contributed by atoms with Crippen molar-refractivity contribution in [3.63, 3.8) is 0 Å². The van der Waals surface area contributed by atoms with Gasteiger partial charge >= 0.3 is 0 Å². The van der Waals surface area contributed by atoms with Crippen molar-refractivity contribution < 1.29 is 8.81 Å². The number of rotatable bonds is 3. The zero-order valence-corrected chi connectivity index (χ0v) is 18.4. The van der Waals surface area contributed by atoms with E-state index in [0.717, 1.165) is 0 Å². The Morgan fingerprint density at radius 3 is 2.32 bits per heavy atom. The molecule has 0 bridgehead atoms. The molecule has 172 valence electrons. The fourth-order valence-corrected chi connectivity index (χ4v) is 3.35. The maximum atomic E-state index is 13.9. The summed E-state index contributed by atoms with van der Waals surface area (Å²) in [6, 6.07) is 13.7. The van der Waals surface area contributed by atoms with Crippen LogP contribution < -0.4 is 17.0 Å². The first-order valence-corrected chi connectivity index (χ1v) is 10.3. The van der Waals surface area contributed by atoms with E-state index in [1.54, 1.807) is 19.1 Å². The highest BCUT2D eigenvalue weighted by molar-refractivity contribution is 5.78. The Kier molecular flexibility index (Phi) is 6.26. The third-order valence-corrected chi connectivity index (χ3v) is 4.89. The second kappa shape index (κ2) is 9.45. The van der Waals surface area contributed by atoms with Crippen molar-refractivity contribution in [2.75, 3.05) is 11.5 Å². The number of nitrogens with two attached hydrogens (primary N) is 2. The van der Waals surface area contributed by atoms with Gasteiger partial charge in [0, 0.05) is 13.3 Å². The van der Waals surface area contributed by atoms with Crippen LogP contribution >= 0.6 is 0 Å².